The van der Waals surface area contributed by atoms with Gasteiger partial charge in [-0.3, -0.25) is 0 Å². The van der Waals surface area contributed by atoms with Gasteiger partial charge in [0, 0.05) is 36.5 Å². The van der Waals surface area contributed by atoms with Gasteiger partial charge in [-0.2, -0.15) is 0 Å². The van der Waals surface area contributed by atoms with Crippen LogP contribution in [0.3, 0.4) is 0 Å². The van der Waals surface area contributed by atoms with Gasteiger partial charge < -0.3 is 14.2 Å². The van der Waals surface area contributed by atoms with Gasteiger partial charge in [0.15, 0.2) is 11.6 Å². The van der Waals surface area contributed by atoms with Crippen molar-refractivity contribution in [2.24, 2.45) is 0 Å². The highest BCUT2D eigenvalue weighted by molar-refractivity contribution is 6.88. The molecule has 4 aromatic rings. The van der Waals surface area contributed by atoms with Gasteiger partial charge in [-0.15, -0.1) is 22.2 Å². The summed E-state index contributed by atoms with van der Waals surface area (Å²) >= 11 is 0. The molecule has 0 amide bonds. The van der Waals surface area contributed by atoms with Gasteiger partial charge in [-0.1, -0.05) is 167 Å². The summed E-state index contributed by atoms with van der Waals surface area (Å²) in [5, 5.41) is 4.62. The summed E-state index contributed by atoms with van der Waals surface area (Å²) in [4.78, 5) is 0. The molecule has 1 aliphatic heterocycles. The molecule has 0 radical (unpaired) electrons. The fourth-order valence-electron chi connectivity index (χ4n) is 12.1. The standard InChI is InChI=1S/C62H80O3Si4/c1-15-66(16-2,17-3)43-37-51-47-31-27-29-33-49(47)55(39-45-68(21-7,22-8)23-9)57-53(51)35-41-61(63-13)59(57)60-58-54(36-42-62(60,64-14)65-61)52(38-44-67(18-4,19-5)20-6)48-32-28-30-34-50(48)56(58)40-46-69(24-10,25-11)26-12/h27-36,41-42,59-60H,15-26H2,1-14H3. The molecular weight excluding hydrogens is 905 g/mol. The van der Waals surface area contributed by atoms with Gasteiger partial charge in [0.05, 0.1) is 11.8 Å². The lowest BCUT2D eigenvalue weighted by Crippen LogP contribution is -2.39. The van der Waals surface area contributed by atoms with E-state index in [2.05, 4.69) is 202 Å². The fraction of sp³-hybridized carbons (Fsp3) is 0.484. The third kappa shape index (κ3) is 8.89. The van der Waals surface area contributed by atoms with Gasteiger partial charge in [-0.05, 0) is 128 Å². The Balaban J connectivity index is 1.73. The molecule has 0 aromatic heterocycles. The molecule has 1 saturated heterocycles. The van der Waals surface area contributed by atoms with E-state index < -0.39 is 43.9 Å². The first kappa shape index (κ1) is 52.7. The fourth-order valence-corrected chi connectivity index (χ4v) is 21.7. The van der Waals surface area contributed by atoms with Crippen LogP contribution in [0.4, 0.5) is 0 Å². The lowest BCUT2D eigenvalue weighted by Gasteiger charge is -2.39. The second-order valence-electron chi connectivity index (χ2n) is 20.2. The van der Waals surface area contributed by atoms with Crippen molar-refractivity contribution >= 4 is 66.0 Å². The zero-order valence-corrected chi connectivity index (χ0v) is 48.8. The summed E-state index contributed by atoms with van der Waals surface area (Å²) in [7, 11) is -3.95. The third-order valence-corrected chi connectivity index (χ3v) is 37.1. The number of hydrogen-bond acceptors (Lipinski definition) is 3. The van der Waals surface area contributed by atoms with Crippen molar-refractivity contribution < 1.29 is 14.2 Å². The molecule has 0 bridgehead atoms. The molecule has 4 atom stereocenters. The second kappa shape index (κ2) is 21.3. The molecule has 3 nitrogen and oxygen atoms in total. The number of benzene rings is 4. The molecule has 7 heteroatoms. The average molecular weight is 986 g/mol. The molecule has 7 rings (SSSR count). The zero-order chi connectivity index (χ0) is 49.8. The Kier molecular flexibility index (Phi) is 16.3. The largest absolute Gasteiger partial charge is 0.349 e. The third-order valence-electron chi connectivity index (χ3n) is 18.3. The van der Waals surface area contributed by atoms with E-state index in [4.69, 9.17) is 14.2 Å². The first-order valence-electron chi connectivity index (χ1n) is 26.8. The Bertz CT molecular complexity index is 2670. The van der Waals surface area contributed by atoms with Gasteiger partial charge in [0.25, 0.3) is 0 Å². The minimum atomic E-state index is -1.92. The molecule has 4 unspecified atom stereocenters. The smallest absolute Gasteiger partial charge is 0.199 e. The molecule has 0 saturated carbocycles. The highest BCUT2D eigenvalue weighted by atomic mass is 28.3. The molecule has 2 aliphatic carbocycles. The summed E-state index contributed by atoms with van der Waals surface area (Å²) < 4.78 is 21.4. The number of ether oxygens (including phenoxy) is 3. The number of methoxy groups -OCH3 is 2. The molecule has 4 aromatic carbocycles. The Hall–Kier alpha value is -4.13. The quantitative estimate of drug-likeness (QED) is 0.0931. The minimum absolute atomic E-state index is 0.379. The number of hydrogen-bond donors (Lipinski definition) is 0. The Morgan fingerprint density at radius 1 is 0.406 bits per heavy atom. The Morgan fingerprint density at radius 2 is 0.652 bits per heavy atom. The van der Waals surface area contributed by atoms with Crippen LogP contribution in [0.1, 0.15) is 139 Å². The van der Waals surface area contributed by atoms with Crippen LogP contribution in [0.5, 0.6) is 0 Å². The zero-order valence-electron chi connectivity index (χ0n) is 44.8. The van der Waals surface area contributed by atoms with Crippen molar-refractivity contribution in [1.82, 2.24) is 0 Å². The van der Waals surface area contributed by atoms with E-state index in [0.29, 0.717) is 0 Å². The van der Waals surface area contributed by atoms with Gasteiger partial charge in [0.1, 0.15) is 32.3 Å². The van der Waals surface area contributed by atoms with Crippen molar-refractivity contribution in [2.75, 3.05) is 14.2 Å². The summed E-state index contributed by atoms with van der Waals surface area (Å²) in [6, 6.07) is 31.3. The van der Waals surface area contributed by atoms with Crippen molar-refractivity contribution in [3.05, 3.63) is 105 Å². The summed E-state index contributed by atoms with van der Waals surface area (Å²) in [6.45, 7) is 28.2. The Morgan fingerprint density at radius 3 is 0.899 bits per heavy atom. The number of fused-ring (bicyclic) bond motifs is 9. The van der Waals surface area contributed by atoms with Crippen molar-refractivity contribution in [2.45, 2.75) is 179 Å². The molecular formula is C62H80O3Si4. The minimum Gasteiger partial charge on any atom is -0.349 e. The molecule has 362 valence electrons. The van der Waals surface area contributed by atoms with E-state index in [0.717, 1.165) is 139 Å². The van der Waals surface area contributed by atoms with E-state index in [1.165, 1.54) is 0 Å². The first-order chi connectivity index (χ1) is 33.3. The average Bonchev–Trinajstić information content (AvgIpc) is 3.73. The highest BCUT2D eigenvalue weighted by Gasteiger charge is 2.66. The van der Waals surface area contributed by atoms with Crippen LogP contribution < -0.4 is 0 Å². The van der Waals surface area contributed by atoms with E-state index in [1.54, 1.807) is 14.2 Å². The van der Waals surface area contributed by atoms with E-state index >= 15 is 0 Å². The predicted molar refractivity (Wildman–Crippen MR) is 308 cm³/mol. The SMILES string of the molecule is CC[Si](C#Cc1c2c(c(C#C[Si](CC)(CC)CC)c3ccccc13)C1C3c4c(c(C#C[Si](CC)(CC)CC)c5ccccc5c4C#C[Si](CC)(CC)CC)C=CC3(OC)OC1(OC)C=C2)(CC)CC. The van der Waals surface area contributed by atoms with Crippen molar-refractivity contribution in [3.63, 3.8) is 0 Å². The molecule has 0 N–H and O–H groups in total. The van der Waals surface area contributed by atoms with E-state index in [-0.39, 0.29) is 11.8 Å². The van der Waals surface area contributed by atoms with Crippen molar-refractivity contribution in [1.29, 1.82) is 0 Å². The van der Waals surface area contributed by atoms with Crippen molar-refractivity contribution in [3.8, 4) is 45.9 Å². The maximum Gasteiger partial charge on any atom is 0.199 e. The summed E-state index contributed by atoms with van der Waals surface area (Å²) in [5.74, 6) is 12.9. The summed E-state index contributed by atoms with van der Waals surface area (Å²) in [6.07, 6.45) is 8.87. The van der Waals surface area contributed by atoms with Gasteiger partial charge in [-0.25, -0.2) is 0 Å². The molecule has 0 spiro atoms. The molecule has 1 heterocycles. The van der Waals surface area contributed by atoms with E-state index in [1.807, 2.05) is 0 Å². The van der Waals surface area contributed by atoms with Crippen LogP contribution in [0.25, 0.3) is 33.7 Å². The lowest BCUT2D eigenvalue weighted by atomic mass is 9.65. The summed E-state index contributed by atoms with van der Waals surface area (Å²) in [5.41, 5.74) is 25.1. The van der Waals surface area contributed by atoms with Crippen LogP contribution in [-0.4, -0.2) is 58.1 Å². The van der Waals surface area contributed by atoms with Gasteiger partial charge >= 0.3 is 0 Å². The Labute approximate surface area is 422 Å². The highest BCUT2D eigenvalue weighted by Crippen LogP contribution is 2.65. The first-order valence-corrected chi connectivity index (χ1v) is 37.3. The normalized spacial score (nSPS) is 20.3. The number of rotatable bonds is 14. The van der Waals surface area contributed by atoms with Crippen LogP contribution >= 0.6 is 0 Å². The van der Waals surface area contributed by atoms with E-state index in [9.17, 15) is 0 Å². The van der Waals surface area contributed by atoms with Crippen LogP contribution in [-0.2, 0) is 14.2 Å². The molecule has 3 aliphatic rings. The molecule has 1 fully saturated rings. The monoisotopic (exact) mass is 985 g/mol. The predicted octanol–water partition coefficient (Wildman–Crippen LogP) is 16.2. The van der Waals surface area contributed by atoms with Crippen LogP contribution in [0, 0.1) is 45.9 Å². The topological polar surface area (TPSA) is 27.7 Å². The lowest BCUT2D eigenvalue weighted by molar-refractivity contribution is -0.271. The molecule has 69 heavy (non-hydrogen) atoms. The van der Waals surface area contributed by atoms with Crippen LogP contribution in [0.2, 0.25) is 72.5 Å². The van der Waals surface area contributed by atoms with Crippen LogP contribution in [0.15, 0.2) is 60.7 Å². The maximum absolute atomic E-state index is 7.57. The van der Waals surface area contributed by atoms with Gasteiger partial charge in [0.2, 0.25) is 0 Å². The second-order valence-corrected chi connectivity index (χ2v) is 39.9. The maximum atomic E-state index is 7.57.